The van der Waals surface area contributed by atoms with E-state index >= 15 is 0 Å². The van der Waals surface area contributed by atoms with Gasteiger partial charge < -0.3 is 185 Å². The molecule has 25 N–H and O–H groups in total. The van der Waals surface area contributed by atoms with Crippen LogP contribution in [0.2, 0.25) is 0 Å². The van der Waals surface area contributed by atoms with Gasteiger partial charge in [-0.1, -0.05) is 0 Å². The first-order chi connectivity index (χ1) is 41.1. The number of aliphatic hydroxyl groups excluding tert-OH is 20. The molecule has 14 bridgehead atoms. The van der Waals surface area contributed by atoms with E-state index in [2.05, 4.69) is 5.32 Å². The van der Waals surface area contributed by atoms with Gasteiger partial charge in [-0.2, -0.15) is 0 Å². The molecule has 502 valence electrons. The van der Waals surface area contributed by atoms with Gasteiger partial charge >= 0.3 is 0 Å². The van der Waals surface area contributed by atoms with E-state index in [-0.39, 0.29) is 13.1 Å². The topological polar surface area (TPSA) is 601 Å². The molecule has 38 heteroatoms. The molecule has 21 aliphatic heterocycles. The van der Waals surface area contributed by atoms with E-state index in [0.717, 1.165) is 0 Å². The van der Waals surface area contributed by atoms with E-state index in [4.69, 9.17) is 77.8 Å². The number of hydrogen-bond acceptors (Lipinski definition) is 38. The minimum atomic E-state index is -2.21. The molecule has 21 heterocycles. The Hall–Kier alpha value is -1.52. The summed E-state index contributed by atoms with van der Waals surface area (Å²) in [5.41, 5.74) is 11.5. The normalized spacial score (nSPS) is 50.9. The number of aliphatic hydroxyl groups is 20. The third-order valence-electron chi connectivity index (χ3n) is 16.4. The van der Waals surface area contributed by atoms with Gasteiger partial charge in [0.25, 0.3) is 0 Å². The minimum Gasteiger partial charge on any atom is -0.394 e. The highest BCUT2D eigenvalue weighted by Gasteiger charge is 2.59. The number of ether oxygens (including phenoxy) is 14. The molecular formula is C48H86N4O34. The van der Waals surface area contributed by atoms with Crippen LogP contribution in [0.25, 0.3) is 0 Å². The summed E-state index contributed by atoms with van der Waals surface area (Å²) in [5.74, 6) is 0. The molecule has 21 rings (SSSR count). The monoisotopic (exact) mass is 1260 g/mol. The number of hydrogen-bond donors (Lipinski definition) is 23. The van der Waals surface area contributed by atoms with Gasteiger partial charge in [-0.25, -0.2) is 0 Å². The zero-order valence-corrected chi connectivity index (χ0v) is 46.2. The second-order valence-corrected chi connectivity index (χ2v) is 22.1. The molecule has 35 atom stereocenters. The summed E-state index contributed by atoms with van der Waals surface area (Å²) in [7, 11) is 0. The number of nitrogens with one attached hydrogen (secondary N) is 1. The summed E-state index contributed by atoms with van der Waals surface area (Å²) >= 11 is 0. The second kappa shape index (κ2) is 31.4. The largest absolute Gasteiger partial charge is 0.394 e. The maximum atomic E-state index is 11.8. The van der Waals surface area contributed by atoms with Crippen molar-refractivity contribution >= 4 is 0 Å². The average Bonchev–Trinajstić information content (AvgIpc) is 2.40. The summed E-state index contributed by atoms with van der Waals surface area (Å²) in [6, 6.07) is 0. The molecule has 0 amide bonds. The zero-order chi connectivity index (χ0) is 62.6. The van der Waals surface area contributed by atoms with Crippen LogP contribution in [0.4, 0.5) is 0 Å². The first kappa shape index (κ1) is 70.4. The molecular weight excluding hydrogens is 1180 g/mol. The molecule has 0 aromatic heterocycles. The van der Waals surface area contributed by atoms with Crippen LogP contribution in [-0.4, -0.2) is 407 Å². The molecule has 0 saturated carbocycles. The van der Waals surface area contributed by atoms with E-state index in [0.29, 0.717) is 32.7 Å². The fraction of sp³-hybridized carbons (Fsp3) is 1.00. The summed E-state index contributed by atoms with van der Waals surface area (Å²) < 4.78 is 81.4. The molecule has 0 radical (unpaired) electrons. The number of nitrogens with two attached hydrogens (primary N) is 2. The van der Waals surface area contributed by atoms with Gasteiger partial charge in [0, 0.05) is 45.8 Å². The van der Waals surface area contributed by atoms with Crippen molar-refractivity contribution in [1.82, 2.24) is 10.2 Å². The van der Waals surface area contributed by atoms with E-state index in [1.807, 2.05) is 4.90 Å². The van der Waals surface area contributed by atoms with Gasteiger partial charge in [0.15, 0.2) is 44.0 Å². The number of nitrogens with zero attached hydrogens (tertiary/aromatic N) is 1. The fourth-order valence-electron chi connectivity index (χ4n) is 11.6. The summed E-state index contributed by atoms with van der Waals surface area (Å²) in [6.07, 6.45) is -69.5. The first-order valence-electron chi connectivity index (χ1n) is 28.3. The van der Waals surface area contributed by atoms with Crippen molar-refractivity contribution < 1.29 is 168 Å². The van der Waals surface area contributed by atoms with Crippen LogP contribution < -0.4 is 16.8 Å². The second-order valence-electron chi connectivity index (χ2n) is 22.1. The Bertz CT molecular complexity index is 2010. The average molecular weight is 1260 g/mol. The smallest absolute Gasteiger partial charge is 0.187 e. The molecule has 0 spiro atoms. The van der Waals surface area contributed by atoms with Crippen LogP contribution in [-0.2, 0) is 66.3 Å². The van der Waals surface area contributed by atoms with Crippen molar-refractivity contribution in [2.75, 3.05) is 85.5 Å². The van der Waals surface area contributed by atoms with Gasteiger partial charge in [0.1, 0.15) is 171 Å². The van der Waals surface area contributed by atoms with Crippen LogP contribution in [0.3, 0.4) is 0 Å². The van der Waals surface area contributed by atoms with Crippen LogP contribution >= 0.6 is 0 Å². The first-order valence-corrected chi connectivity index (χ1v) is 28.3. The molecule has 0 aromatic carbocycles. The van der Waals surface area contributed by atoms with E-state index in [1.165, 1.54) is 0 Å². The van der Waals surface area contributed by atoms with Crippen molar-refractivity contribution in [3.8, 4) is 0 Å². The molecule has 38 nitrogen and oxygen atoms in total. The lowest BCUT2D eigenvalue weighted by molar-refractivity contribution is -0.396. The van der Waals surface area contributed by atoms with Crippen LogP contribution in [0.1, 0.15) is 0 Å². The molecule has 0 aromatic rings. The van der Waals surface area contributed by atoms with E-state index in [9.17, 15) is 102 Å². The quantitative estimate of drug-likeness (QED) is 0.0677. The highest BCUT2D eigenvalue weighted by atomic mass is 16.8. The minimum absolute atomic E-state index is 0.210. The Labute approximate surface area is 489 Å². The molecule has 21 aliphatic rings. The van der Waals surface area contributed by atoms with Crippen molar-refractivity contribution in [1.29, 1.82) is 0 Å². The maximum absolute atomic E-state index is 11.8. The van der Waals surface area contributed by atoms with Crippen molar-refractivity contribution in [3.63, 3.8) is 0 Å². The molecule has 86 heavy (non-hydrogen) atoms. The Morgan fingerprint density at radius 1 is 0.256 bits per heavy atom. The maximum Gasteiger partial charge on any atom is 0.187 e. The third-order valence-corrected chi connectivity index (χ3v) is 16.4. The molecule has 1 unspecified atom stereocenters. The fourth-order valence-corrected chi connectivity index (χ4v) is 11.6. The Morgan fingerprint density at radius 2 is 0.442 bits per heavy atom. The highest BCUT2D eigenvalue weighted by molar-refractivity contribution is 5.02. The Balaban J connectivity index is 1.09. The highest BCUT2D eigenvalue weighted by Crippen LogP contribution is 2.39. The lowest BCUT2D eigenvalue weighted by Crippen LogP contribution is -2.68. The van der Waals surface area contributed by atoms with E-state index < -0.39 is 255 Å². The van der Waals surface area contributed by atoms with Gasteiger partial charge in [-0.15, -0.1) is 0 Å². The Kier molecular flexibility index (Phi) is 25.7. The zero-order valence-electron chi connectivity index (χ0n) is 46.2. The third kappa shape index (κ3) is 14.9. The van der Waals surface area contributed by atoms with E-state index in [1.54, 1.807) is 0 Å². The van der Waals surface area contributed by atoms with Crippen molar-refractivity contribution in [2.45, 2.75) is 215 Å². The van der Waals surface area contributed by atoms with Crippen LogP contribution in [0.15, 0.2) is 0 Å². The van der Waals surface area contributed by atoms with Gasteiger partial charge in [-0.05, 0) is 0 Å². The molecule has 0 aliphatic carbocycles. The summed E-state index contributed by atoms with van der Waals surface area (Å²) in [4.78, 5) is 1.93. The molecule has 21 fully saturated rings. The lowest BCUT2D eigenvalue weighted by atomic mass is 9.95. The number of rotatable bonds is 15. The summed E-state index contributed by atoms with van der Waals surface area (Å²) in [5, 5.41) is 227. The van der Waals surface area contributed by atoms with Crippen molar-refractivity contribution in [2.24, 2.45) is 11.5 Å². The van der Waals surface area contributed by atoms with Crippen molar-refractivity contribution in [3.05, 3.63) is 0 Å². The predicted molar refractivity (Wildman–Crippen MR) is 269 cm³/mol. The predicted octanol–water partition coefficient (Wildman–Crippen LogP) is -16.4. The Morgan fingerprint density at radius 3 is 0.628 bits per heavy atom. The van der Waals surface area contributed by atoms with Crippen LogP contribution in [0.5, 0.6) is 0 Å². The van der Waals surface area contributed by atoms with Gasteiger partial charge in [-0.3, -0.25) is 4.90 Å². The lowest BCUT2D eigenvalue weighted by Gasteiger charge is -2.50. The summed E-state index contributed by atoms with van der Waals surface area (Å²) in [6.45, 7) is -4.40. The van der Waals surface area contributed by atoms with Gasteiger partial charge in [0.2, 0.25) is 0 Å². The van der Waals surface area contributed by atoms with Crippen LogP contribution in [0, 0.1) is 0 Å². The molecule has 21 saturated heterocycles. The standard InChI is InChI=1S/C48H86N4O34/c49-1-4-52(5-2-50)6-3-51-7-14-35-21(59)28(66)42(73-14)81-36-15(8-53)75-44(30(68)23(36)61)83-38-17(10-55)77-46(32(70)25(38)63)85-40-19(12-57)79-48(34(72)27(40)65)86-41-20(13-58)78-47(33(71)26(41)64)84-39-18(11-56)76-45(31(69)24(39)62)82-37-16(9-54)74-43(80-35)29(67)22(37)60/h14-48,51,53-72H,1-13,49-50H2/t14-,15-,16-,17-,18-,19-,20-,21-,22-,23-,24-,25-,26-,27-,28-,29?,30-,31-,32-,33-,34-,35-,36-,37-,38-,39-,40-,41-,42-,43-,44-,45-,46-,47-,48-/m1/s1. The van der Waals surface area contributed by atoms with Gasteiger partial charge in [0.05, 0.1) is 39.6 Å². The SMILES string of the molecule is NCCN(CCN)CCNC[C@H]1O[C@@H]2O[C@H]3[C@H](O)[C@@H](O)[C@@H](O[C@H]4[C@H](O)[C@@H](O)[C@@H](O[C@H]5[C@H](O)[C@@H](O)[C@@H](O[C@H]6[C@H](O)[C@@H](O)[C@@H](O[C@H]7[C@H](O)[C@@H](O)[C@@H](O[C@H]8[C@H](O)C(O)[C@@H](O[C@H]1[C@H](O)[C@H]2O)O[C@@H]8CO)O[C@@H]7CO)O[C@@H]6CO)O[C@@H]5CO)O[C@@H]4CO)O[C@@H]3CO.